The molecule has 1 unspecified atom stereocenters. The maximum atomic E-state index is 13.2. The predicted octanol–water partition coefficient (Wildman–Crippen LogP) is 2.75. The first kappa shape index (κ1) is 20.0. The lowest BCUT2D eigenvalue weighted by atomic mass is 10.0. The van der Waals surface area contributed by atoms with Crippen LogP contribution in [0.2, 0.25) is 0 Å². The summed E-state index contributed by atoms with van der Waals surface area (Å²) in [5.41, 5.74) is 2.28. The Hall–Kier alpha value is -3.30. The highest BCUT2D eigenvalue weighted by Gasteiger charge is 2.39. The molecule has 30 heavy (non-hydrogen) atoms. The van der Waals surface area contributed by atoms with Crippen LogP contribution in [-0.4, -0.2) is 30.3 Å². The standard InChI is InChI=1S/C21H20N4O4S/c1-12-6-5-7-14(10-12)30(28,29)21-18-17(11-22-21)24-25-19(18)23-20(27)16-9-4-3-8-15(16)13(2)26/h3-10,21-22H,11H2,1-2H3,(H2,23,24,25,27). The van der Waals surface area contributed by atoms with Crippen molar-refractivity contribution in [1.29, 1.82) is 0 Å². The summed E-state index contributed by atoms with van der Waals surface area (Å²) >= 11 is 0. The van der Waals surface area contributed by atoms with Crippen molar-refractivity contribution >= 4 is 27.3 Å². The van der Waals surface area contributed by atoms with Crippen LogP contribution >= 0.6 is 0 Å². The number of hydrogen-bond donors (Lipinski definition) is 3. The van der Waals surface area contributed by atoms with Crippen molar-refractivity contribution in [2.24, 2.45) is 0 Å². The Morgan fingerprint density at radius 3 is 2.53 bits per heavy atom. The molecule has 0 radical (unpaired) electrons. The van der Waals surface area contributed by atoms with Crippen molar-refractivity contribution in [3.63, 3.8) is 0 Å². The third-order valence-electron chi connectivity index (χ3n) is 5.02. The molecule has 1 amide bonds. The largest absolute Gasteiger partial charge is 0.305 e. The highest BCUT2D eigenvalue weighted by molar-refractivity contribution is 7.91. The van der Waals surface area contributed by atoms with Crippen LogP contribution in [0.4, 0.5) is 5.82 Å². The minimum Gasteiger partial charge on any atom is -0.305 e. The molecule has 1 aliphatic rings. The molecule has 1 atom stereocenters. The monoisotopic (exact) mass is 424 g/mol. The fraction of sp³-hybridized carbons (Fsp3) is 0.190. The molecule has 3 N–H and O–H groups in total. The number of carbonyl (C=O) groups excluding carboxylic acids is 2. The number of rotatable bonds is 5. The van der Waals surface area contributed by atoms with E-state index in [1.54, 1.807) is 36.4 Å². The topological polar surface area (TPSA) is 121 Å². The Labute approximate surface area is 173 Å². The average Bonchev–Trinajstić information content (AvgIpc) is 3.31. The molecule has 0 saturated carbocycles. The zero-order valence-corrected chi connectivity index (χ0v) is 17.2. The summed E-state index contributed by atoms with van der Waals surface area (Å²) in [6, 6.07) is 13.1. The number of carbonyl (C=O) groups is 2. The molecule has 0 aliphatic carbocycles. The van der Waals surface area contributed by atoms with Gasteiger partial charge in [-0.05, 0) is 37.6 Å². The molecule has 154 valence electrons. The van der Waals surface area contributed by atoms with Gasteiger partial charge in [0.15, 0.2) is 21.4 Å². The number of nitrogens with zero attached hydrogens (tertiary/aromatic N) is 1. The number of ketones is 1. The summed E-state index contributed by atoms with van der Waals surface area (Å²) in [4.78, 5) is 24.8. The molecule has 1 aliphatic heterocycles. The molecule has 9 heteroatoms. The number of aromatic nitrogens is 2. The second-order valence-electron chi connectivity index (χ2n) is 7.14. The van der Waals surface area contributed by atoms with Gasteiger partial charge in [0.25, 0.3) is 5.91 Å². The molecule has 4 rings (SSSR count). The maximum Gasteiger partial charge on any atom is 0.257 e. The minimum atomic E-state index is -3.77. The van der Waals surface area contributed by atoms with Gasteiger partial charge in [-0.3, -0.25) is 20.0 Å². The van der Waals surface area contributed by atoms with E-state index < -0.39 is 21.1 Å². The average molecular weight is 424 g/mol. The number of aromatic amines is 1. The van der Waals surface area contributed by atoms with Crippen LogP contribution in [0.25, 0.3) is 0 Å². The van der Waals surface area contributed by atoms with Crippen molar-refractivity contribution in [3.05, 3.63) is 76.5 Å². The van der Waals surface area contributed by atoms with E-state index in [4.69, 9.17) is 0 Å². The number of aryl methyl sites for hydroxylation is 1. The molecular weight excluding hydrogens is 404 g/mol. The highest BCUT2D eigenvalue weighted by atomic mass is 32.2. The van der Waals surface area contributed by atoms with Crippen LogP contribution in [0.15, 0.2) is 53.4 Å². The van der Waals surface area contributed by atoms with Gasteiger partial charge in [-0.1, -0.05) is 30.3 Å². The van der Waals surface area contributed by atoms with Gasteiger partial charge in [-0.2, -0.15) is 5.10 Å². The zero-order chi connectivity index (χ0) is 21.5. The Bertz CT molecular complexity index is 1260. The van der Waals surface area contributed by atoms with Crippen LogP contribution in [0, 0.1) is 6.92 Å². The van der Waals surface area contributed by atoms with E-state index in [2.05, 4.69) is 20.8 Å². The molecule has 1 aromatic heterocycles. The second-order valence-corrected chi connectivity index (χ2v) is 9.18. The van der Waals surface area contributed by atoms with Crippen LogP contribution in [0.5, 0.6) is 0 Å². The lowest BCUT2D eigenvalue weighted by molar-refractivity contribution is 0.0985. The van der Waals surface area contributed by atoms with E-state index in [1.165, 1.54) is 13.0 Å². The zero-order valence-electron chi connectivity index (χ0n) is 16.4. The van der Waals surface area contributed by atoms with Gasteiger partial charge in [0.05, 0.1) is 21.7 Å². The molecule has 0 spiro atoms. The lowest BCUT2D eigenvalue weighted by Gasteiger charge is -2.15. The van der Waals surface area contributed by atoms with E-state index in [-0.39, 0.29) is 34.2 Å². The first-order valence-corrected chi connectivity index (χ1v) is 10.9. The van der Waals surface area contributed by atoms with E-state index in [0.29, 0.717) is 11.3 Å². The maximum absolute atomic E-state index is 13.2. The summed E-state index contributed by atoms with van der Waals surface area (Å²) in [6.45, 7) is 3.48. The molecular formula is C21H20N4O4S. The van der Waals surface area contributed by atoms with Crippen molar-refractivity contribution < 1.29 is 18.0 Å². The summed E-state index contributed by atoms with van der Waals surface area (Å²) in [5.74, 6) is -0.650. The third kappa shape index (κ3) is 3.42. The minimum absolute atomic E-state index is 0.125. The first-order valence-electron chi connectivity index (χ1n) is 9.31. The fourth-order valence-electron chi connectivity index (χ4n) is 3.55. The van der Waals surface area contributed by atoms with Crippen molar-refractivity contribution in [2.75, 3.05) is 5.32 Å². The predicted molar refractivity (Wildman–Crippen MR) is 111 cm³/mol. The van der Waals surface area contributed by atoms with E-state index >= 15 is 0 Å². The number of H-pyrrole nitrogens is 1. The summed E-state index contributed by atoms with van der Waals surface area (Å²) < 4.78 is 26.5. The second kappa shape index (κ2) is 7.51. The van der Waals surface area contributed by atoms with Crippen LogP contribution < -0.4 is 10.6 Å². The lowest BCUT2D eigenvalue weighted by Crippen LogP contribution is -2.24. The Morgan fingerprint density at radius 1 is 1.10 bits per heavy atom. The fourth-order valence-corrected chi connectivity index (χ4v) is 5.31. The Kier molecular flexibility index (Phi) is 5.00. The number of fused-ring (bicyclic) bond motifs is 1. The molecule has 8 nitrogen and oxygen atoms in total. The van der Waals surface area contributed by atoms with Crippen molar-refractivity contribution in [3.8, 4) is 0 Å². The van der Waals surface area contributed by atoms with E-state index in [0.717, 1.165) is 5.56 Å². The Morgan fingerprint density at radius 2 is 1.83 bits per heavy atom. The van der Waals surface area contributed by atoms with Crippen LogP contribution in [0.1, 0.15) is 49.8 Å². The number of Topliss-reactive ketones (excluding diaryl/α,β-unsaturated/α-hetero) is 1. The van der Waals surface area contributed by atoms with Crippen molar-refractivity contribution in [1.82, 2.24) is 15.5 Å². The molecule has 0 bridgehead atoms. The summed E-state index contributed by atoms with van der Waals surface area (Å²) in [7, 11) is -3.77. The molecule has 0 saturated heterocycles. The van der Waals surface area contributed by atoms with Gasteiger partial charge in [0.1, 0.15) is 5.37 Å². The van der Waals surface area contributed by atoms with Gasteiger partial charge in [0.2, 0.25) is 0 Å². The normalized spacial score (nSPS) is 15.6. The van der Waals surface area contributed by atoms with Gasteiger partial charge in [-0.25, -0.2) is 8.42 Å². The number of sulfone groups is 1. The van der Waals surface area contributed by atoms with Gasteiger partial charge in [0, 0.05) is 12.1 Å². The SMILES string of the molecule is CC(=O)c1ccccc1C(=O)Nc1n[nH]c2c1C(S(=O)(=O)c1cccc(C)c1)NC2. The molecule has 3 aromatic rings. The quantitative estimate of drug-likeness (QED) is 0.542. The van der Waals surface area contributed by atoms with Crippen molar-refractivity contribution in [2.45, 2.75) is 30.7 Å². The Balaban J connectivity index is 1.69. The van der Waals surface area contributed by atoms with Crippen LogP contribution in [0.3, 0.4) is 0 Å². The number of hydrogen-bond acceptors (Lipinski definition) is 6. The summed E-state index contributed by atoms with van der Waals surface area (Å²) in [5, 5.41) is 11.5. The number of nitrogens with one attached hydrogen (secondary N) is 3. The van der Waals surface area contributed by atoms with Gasteiger partial charge < -0.3 is 5.32 Å². The number of amides is 1. The summed E-state index contributed by atoms with van der Waals surface area (Å²) in [6.07, 6.45) is 0. The highest BCUT2D eigenvalue weighted by Crippen LogP contribution is 2.37. The third-order valence-corrected chi connectivity index (χ3v) is 6.95. The number of anilines is 1. The molecule has 2 aromatic carbocycles. The van der Waals surface area contributed by atoms with E-state index in [1.807, 2.05) is 13.0 Å². The van der Waals surface area contributed by atoms with Gasteiger partial charge in [-0.15, -0.1) is 0 Å². The molecule has 2 heterocycles. The van der Waals surface area contributed by atoms with Crippen LogP contribution in [-0.2, 0) is 16.4 Å². The first-order chi connectivity index (χ1) is 14.3. The van der Waals surface area contributed by atoms with Gasteiger partial charge >= 0.3 is 0 Å². The van der Waals surface area contributed by atoms with E-state index in [9.17, 15) is 18.0 Å². The smallest absolute Gasteiger partial charge is 0.257 e. The number of benzene rings is 2. The molecule has 0 fully saturated rings.